The monoisotopic (exact) mass is 268 g/mol. The van der Waals surface area contributed by atoms with E-state index in [1.165, 1.54) is 7.05 Å². The number of carbonyl (C=O) groups is 1. The maximum atomic E-state index is 11.8. The number of hydrazine groups is 1. The molecule has 1 aliphatic heterocycles. The number of fused-ring (bicyclic) bond motifs is 1. The molecule has 18 heavy (non-hydrogen) atoms. The first-order valence-electron chi connectivity index (χ1n) is 5.76. The number of aryl methyl sites for hydroxylation is 1. The van der Waals surface area contributed by atoms with E-state index in [2.05, 4.69) is 0 Å². The van der Waals surface area contributed by atoms with Crippen molar-refractivity contribution in [2.75, 3.05) is 12.8 Å². The summed E-state index contributed by atoms with van der Waals surface area (Å²) in [6.45, 7) is 0. The van der Waals surface area contributed by atoms with Crippen molar-refractivity contribution in [1.82, 2.24) is 5.01 Å². The Bertz CT molecular complexity index is 579. The Labute approximate surface area is 106 Å². The molecule has 2 N–H and O–H groups in total. The standard InChI is InChI=1S/C12H16N2O3S/c1-14(13)12(15)8-9-4-5-11-10(7-9)3-2-6-18(11,16)17/h4-5,7H,2-3,6,8,13H2,1H3. The van der Waals surface area contributed by atoms with Gasteiger partial charge in [0.25, 0.3) is 0 Å². The lowest BCUT2D eigenvalue weighted by Crippen LogP contribution is -2.34. The summed E-state index contributed by atoms with van der Waals surface area (Å²) in [4.78, 5) is 11.9. The molecule has 0 aromatic heterocycles. The van der Waals surface area contributed by atoms with Crippen molar-refractivity contribution < 1.29 is 13.2 Å². The lowest BCUT2D eigenvalue weighted by Gasteiger charge is -2.17. The van der Waals surface area contributed by atoms with Gasteiger partial charge in [-0.2, -0.15) is 0 Å². The summed E-state index contributed by atoms with van der Waals surface area (Å²) >= 11 is 0. The minimum Gasteiger partial charge on any atom is -0.284 e. The molecule has 1 aliphatic rings. The van der Waals surface area contributed by atoms with Gasteiger partial charge in [0.1, 0.15) is 0 Å². The Morgan fingerprint density at radius 3 is 2.83 bits per heavy atom. The van der Waals surface area contributed by atoms with Gasteiger partial charge in [-0.25, -0.2) is 14.3 Å². The predicted octanol–water partition coefficient (Wildman–Crippen LogP) is 0.281. The predicted molar refractivity (Wildman–Crippen MR) is 67.5 cm³/mol. The number of rotatable bonds is 2. The second-order valence-electron chi connectivity index (χ2n) is 4.55. The Kier molecular flexibility index (Phi) is 3.41. The number of hydrogen-bond acceptors (Lipinski definition) is 4. The van der Waals surface area contributed by atoms with Crippen LogP contribution in [0.2, 0.25) is 0 Å². The first kappa shape index (κ1) is 13.0. The summed E-state index contributed by atoms with van der Waals surface area (Å²) in [5.41, 5.74) is 1.61. The van der Waals surface area contributed by atoms with Gasteiger partial charge in [-0.05, 0) is 30.0 Å². The smallest absolute Gasteiger partial charge is 0.240 e. The Morgan fingerprint density at radius 2 is 2.17 bits per heavy atom. The van der Waals surface area contributed by atoms with E-state index in [4.69, 9.17) is 5.84 Å². The number of carbonyl (C=O) groups excluding carboxylic acids is 1. The fourth-order valence-corrected chi connectivity index (χ4v) is 3.68. The van der Waals surface area contributed by atoms with Gasteiger partial charge in [-0.3, -0.25) is 9.80 Å². The molecule has 1 aromatic carbocycles. The van der Waals surface area contributed by atoms with E-state index >= 15 is 0 Å². The van der Waals surface area contributed by atoms with Crippen molar-refractivity contribution in [3.8, 4) is 0 Å². The van der Waals surface area contributed by atoms with Crippen LogP contribution in [-0.2, 0) is 27.5 Å². The maximum absolute atomic E-state index is 11.8. The third-order valence-electron chi connectivity index (χ3n) is 3.07. The van der Waals surface area contributed by atoms with Crippen LogP contribution in [0.15, 0.2) is 23.1 Å². The molecule has 0 bridgehead atoms. The van der Waals surface area contributed by atoms with E-state index in [1.807, 2.05) is 0 Å². The van der Waals surface area contributed by atoms with Crippen molar-refractivity contribution in [1.29, 1.82) is 0 Å². The Hall–Kier alpha value is -1.40. The van der Waals surface area contributed by atoms with E-state index in [-0.39, 0.29) is 18.1 Å². The average Bonchev–Trinajstić information content (AvgIpc) is 2.28. The fraction of sp³-hybridized carbons (Fsp3) is 0.417. The van der Waals surface area contributed by atoms with Crippen LogP contribution in [-0.4, -0.2) is 32.1 Å². The summed E-state index contributed by atoms with van der Waals surface area (Å²) in [6.07, 6.45) is 1.58. The summed E-state index contributed by atoms with van der Waals surface area (Å²) in [5, 5.41) is 1.04. The number of nitrogens with zero attached hydrogens (tertiary/aromatic N) is 1. The van der Waals surface area contributed by atoms with E-state index in [0.29, 0.717) is 11.3 Å². The molecule has 2 rings (SSSR count). The highest BCUT2D eigenvalue weighted by atomic mass is 32.2. The normalized spacial score (nSPS) is 17.0. The summed E-state index contributed by atoms with van der Waals surface area (Å²) in [6, 6.07) is 5.08. The number of hydrogen-bond donors (Lipinski definition) is 1. The van der Waals surface area contributed by atoms with Crippen LogP contribution >= 0.6 is 0 Å². The molecule has 0 fully saturated rings. The van der Waals surface area contributed by atoms with E-state index in [0.717, 1.165) is 22.6 Å². The Morgan fingerprint density at radius 1 is 1.44 bits per heavy atom. The first-order chi connectivity index (χ1) is 8.40. The lowest BCUT2D eigenvalue weighted by molar-refractivity contribution is -0.129. The van der Waals surface area contributed by atoms with E-state index < -0.39 is 9.84 Å². The van der Waals surface area contributed by atoms with E-state index in [9.17, 15) is 13.2 Å². The molecular weight excluding hydrogens is 252 g/mol. The van der Waals surface area contributed by atoms with Gasteiger partial charge in [0.2, 0.25) is 5.91 Å². The van der Waals surface area contributed by atoms with Crippen molar-refractivity contribution in [2.24, 2.45) is 5.84 Å². The van der Waals surface area contributed by atoms with Crippen molar-refractivity contribution >= 4 is 15.7 Å². The largest absolute Gasteiger partial charge is 0.284 e. The molecular formula is C12H16N2O3S. The average molecular weight is 268 g/mol. The molecule has 5 nitrogen and oxygen atoms in total. The zero-order chi connectivity index (χ0) is 13.3. The van der Waals surface area contributed by atoms with Crippen LogP contribution in [0.5, 0.6) is 0 Å². The van der Waals surface area contributed by atoms with Crippen LogP contribution in [0.25, 0.3) is 0 Å². The van der Waals surface area contributed by atoms with Crippen LogP contribution in [0.1, 0.15) is 17.5 Å². The van der Waals surface area contributed by atoms with Gasteiger partial charge in [-0.15, -0.1) is 0 Å². The quantitative estimate of drug-likeness (QED) is 0.474. The maximum Gasteiger partial charge on any atom is 0.240 e. The lowest BCUT2D eigenvalue weighted by atomic mass is 10.0. The number of sulfone groups is 1. The fourth-order valence-electron chi connectivity index (χ4n) is 2.10. The molecule has 1 amide bonds. The molecule has 1 heterocycles. The van der Waals surface area contributed by atoms with Crippen LogP contribution in [0.3, 0.4) is 0 Å². The summed E-state index contributed by atoms with van der Waals surface area (Å²) in [5.74, 6) is 5.36. The summed E-state index contributed by atoms with van der Waals surface area (Å²) < 4.78 is 23.6. The zero-order valence-electron chi connectivity index (χ0n) is 10.2. The topological polar surface area (TPSA) is 80.5 Å². The SMILES string of the molecule is CN(N)C(=O)Cc1ccc2c(c1)CCCS2(=O)=O. The van der Waals surface area contributed by atoms with Crippen LogP contribution in [0, 0.1) is 0 Å². The van der Waals surface area contributed by atoms with Gasteiger partial charge in [0, 0.05) is 7.05 Å². The zero-order valence-corrected chi connectivity index (χ0v) is 11.0. The molecule has 1 aromatic rings. The van der Waals surface area contributed by atoms with Crippen molar-refractivity contribution in [3.05, 3.63) is 29.3 Å². The van der Waals surface area contributed by atoms with Gasteiger partial charge < -0.3 is 0 Å². The molecule has 0 saturated heterocycles. The third-order valence-corrected chi connectivity index (χ3v) is 4.96. The van der Waals surface area contributed by atoms with Crippen LogP contribution in [0.4, 0.5) is 0 Å². The molecule has 0 spiro atoms. The molecule has 0 unspecified atom stereocenters. The molecule has 0 aliphatic carbocycles. The van der Waals surface area contributed by atoms with E-state index in [1.54, 1.807) is 18.2 Å². The molecule has 0 atom stereocenters. The highest BCUT2D eigenvalue weighted by molar-refractivity contribution is 7.91. The minimum absolute atomic E-state index is 0.195. The van der Waals surface area contributed by atoms with Gasteiger partial charge in [0.15, 0.2) is 9.84 Å². The van der Waals surface area contributed by atoms with Gasteiger partial charge in [0.05, 0.1) is 17.1 Å². The van der Waals surface area contributed by atoms with Crippen LogP contribution < -0.4 is 5.84 Å². The Balaban J connectivity index is 2.31. The van der Waals surface area contributed by atoms with Gasteiger partial charge >= 0.3 is 0 Å². The summed E-state index contributed by atoms with van der Waals surface area (Å²) in [7, 11) is -1.63. The highest BCUT2D eigenvalue weighted by Crippen LogP contribution is 2.26. The second kappa shape index (κ2) is 4.70. The minimum atomic E-state index is -3.12. The number of nitrogens with two attached hydrogens (primary N) is 1. The van der Waals surface area contributed by atoms with Crippen molar-refractivity contribution in [2.45, 2.75) is 24.2 Å². The molecule has 6 heteroatoms. The highest BCUT2D eigenvalue weighted by Gasteiger charge is 2.23. The van der Waals surface area contributed by atoms with Crippen molar-refractivity contribution in [3.63, 3.8) is 0 Å². The first-order valence-corrected chi connectivity index (χ1v) is 7.41. The second-order valence-corrected chi connectivity index (χ2v) is 6.62. The van der Waals surface area contributed by atoms with Gasteiger partial charge in [-0.1, -0.05) is 12.1 Å². The number of likely N-dealkylation sites (N-methyl/N-ethyl adjacent to an activating group) is 1. The number of benzene rings is 1. The molecule has 98 valence electrons. The molecule has 0 saturated carbocycles. The third kappa shape index (κ3) is 2.54. The molecule has 0 radical (unpaired) electrons. The number of amides is 1.